The van der Waals surface area contributed by atoms with E-state index in [1.165, 1.54) is 5.56 Å². The molecule has 3 N–H and O–H groups in total. The first kappa shape index (κ1) is 17.7. The molecule has 0 unspecified atom stereocenters. The van der Waals surface area contributed by atoms with Crippen molar-refractivity contribution in [1.29, 1.82) is 0 Å². The first-order valence-electron chi connectivity index (χ1n) is 4.56. The van der Waals surface area contributed by atoms with Gasteiger partial charge in [0.1, 0.15) is 0 Å². The first-order chi connectivity index (χ1) is 7.76. The van der Waals surface area contributed by atoms with Gasteiger partial charge in [-0.05, 0) is 5.56 Å². The SMILES string of the molecule is CN1[C]N(Cc2ccccc2)C=C1.N.[I][Pt][I]. The summed E-state index contributed by atoms with van der Waals surface area (Å²) in [6.07, 6.45) is 4.01. The third-order valence-electron chi connectivity index (χ3n) is 1.95. The van der Waals surface area contributed by atoms with Crippen molar-refractivity contribution in [3.63, 3.8) is 0 Å². The van der Waals surface area contributed by atoms with Crippen LogP contribution >= 0.6 is 38.7 Å². The number of hydrogen-bond acceptors (Lipinski definition) is 3. The van der Waals surface area contributed by atoms with Crippen molar-refractivity contribution in [3.05, 3.63) is 55.0 Å². The van der Waals surface area contributed by atoms with Gasteiger partial charge in [0.15, 0.2) is 0 Å². The van der Waals surface area contributed by atoms with Crippen LogP contribution in [0.15, 0.2) is 42.7 Å². The Labute approximate surface area is 133 Å². The van der Waals surface area contributed by atoms with Crippen molar-refractivity contribution in [2.24, 2.45) is 0 Å². The molecule has 98 valence electrons. The van der Waals surface area contributed by atoms with Crippen molar-refractivity contribution in [2.45, 2.75) is 6.54 Å². The molecule has 1 aromatic carbocycles. The summed E-state index contributed by atoms with van der Waals surface area (Å²) >= 11 is 5.30. The Hall–Kier alpha value is 0.668. The van der Waals surface area contributed by atoms with Crippen molar-refractivity contribution < 1.29 is 11.2 Å². The van der Waals surface area contributed by atoms with Gasteiger partial charge >= 0.3 is 49.9 Å². The zero-order valence-electron chi connectivity index (χ0n) is 9.42. The fraction of sp³-hybridized carbons (Fsp3) is 0.182. The zero-order valence-corrected chi connectivity index (χ0v) is 16.0. The molecule has 0 amide bonds. The Morgan fingerprint density at radius 2 is 1.76 bits per heavy atom. The number of nitrogens with zero attached hydrogens (tertiary/aromatic N) is 2. The third-order valence-corrected chi connectivity index (χ3v) is 1.95. The summed E-state index contributed by atoms with van der Waals surface area (Å²) in [4.78, 5) is 3.96. The predicted molar refractivity (Wildman–Crippen MR) is 85.2 cm³/mol. The van der Waals surface area contributed by atoms with E-state index in [-0.39, 0.29) is 6.15 Å². The molecular formula is C11H15I2N3Pt. The normalized spacial score (nSPS) is 13.1. The van der Waals surface area contributed by atoms with E-state index in [4.69, 9.17) is 0 Å². The van der Waals surface area contributed by atoms with Crippen LogP contribution in [0, 0.1) is 6.67 Å². The van der Waals surface area contributed by atoms with Crippen LogP contribution in [0.4, 0.5) is 0 Å². The van der Waals surface area contributed by atoms with Crippen LogP contribution in [-0.4, -0.2) is 16.8 Å². The second-order valence-corrected chi connectivity index (χ2v) is 19.8. The second kappa shape index (κ2) is 10.6. The van der Waals surface area contributed by atoms with Crippen LogP contribution in [0.1, 0.15) is 5.56 Å². The summed E-state index contributed by atoms with van der Waals surface area (Å²) < 4.78 is 0. The van der Waals surface area contributed by atoms with Crippen LogP contribution in [0.5, 0.6) is 0 Å². The molecule has 0 atom stereocenters. The van der Waals surface area contributed by atoms with Gasteiger partial charge in [-0.3, -0.25) is 0 Å². The van der Waals surface area contributed by atoms with Gasteiger partial charge in [-0.2, -0.15) is 0 Å². The van der Waals surface area contributed by atoms with Gasteiger partial charge in [0.05, 0.1) is 0 Å². The van der Waals surface area contributed by atoms with Gasteiger partial charge in [-0.25, -0.2) is 0 Å². The topological polar surface area (TPSA) is 41.5 Å². The van der Waals surface area contributed by atoms with Crippen LogP contribution in [-0.2, 0) is 17.7 Å². The molecule has 0 aromatic heterocycles. The molecule has 3 nitrogen and oxygen atoms in total. The van der Waals surface area contributed by atoms with Gasteiger partial charge < -0.3 is 16.0 Å². The molecule has 17 heavy (non-hydrogen) atoms. The molecule has 1 aliphatic rings. The van der Waals surface area contributed by atoms with Crippen LogP contribution in [0.2, 0.25) is 0 Å². The summed E-state index contributed by atoms with van der Waals surface area (Å²) in [5, 5.41) is 0. The number of rotatable bonds is 2. The quantitative estimate of drug-likeness (QED) is 0.502. The molecule has 0 bridgehead atoms. The number of benzene rings is 1. The molecule has 0 saturated carbocycles. The van der Waals surface area contributed by atoms with E-state index in [9.17, 15) is 0 Å². The summed E-state index contributed by atoms with van der Waals surface area (Å²) in [7, 11) is 1.97. The van der Waals surface area contributed by atoms with Crippen molar-refractivity contribution in [2.75, 3.05) is 7.05 Å². The van der Waals surface area contributed by atoms with E-state index in [0.717, 1.165) is 6.54 Å². The monoisotopic (exact) mass is 638 g/mol. The summed E-state index contributed by atoms with van der Waals surface area (Å²) in [6, 6.07) is 10.4. The van der Waals surface area contributed by atoms with Crippen molar-refractivity contribution >= 4 is 38.7 Å². The third kappa shape index (κ3) is 7.64. The van der Waals surface area contributed by atoms with Crippen molar-refractivity contribution in [1.82, 2.24) is 16.0 Å². The Kier molecular flexibility index (Phi) is 11.0. The fourth-order valence-electron chi connectivity index (χ4n) is 1.32. The molecule has 0 saturated heterocycles. The molecule has 1 aromatic rings. The van der Waals surface area contributed by atoms with Crippen LogP contribution in [0.25, 0.3) is 0 Å². The molecular weight excluding hydrogens is 623 g/mol. The molecule has 1 aliphatic heterocycles. The van der Waals surface area contributed by atoms with Gasteiger partial charge in [0.2, 0.25) is 6.67 Å². The number of halogens is 2. The Morgan fingerprint density at radius 1 is 1.18 bits per heavy atom. The van der Waals surface area contributed by atoms with Gasteiger partial charge in [-0.15, -0.1) is 0 Å². The summed E-state index contributed by atoms with van der Waals surface area (Å²) in [5.74, 6) is 0. The van der Waals surface area contributed by atoms with E-state index in [1.54, 1.807) is 0 Å². The summed E-state index contributed by atoms with van der Waals surface area (Å²) in [5.41, 5.74) is 1.30. The maximum absolute atomic E-state index is 3.16. The minimum absolute atomic E-state index is 0. The van der Waals surface area contributed by atoms with Crippen LogP contribution in [0.3, 0.4) is 0 Å². The Bertz CT molecular complexity index is 322. The molecule has 1 heterocycles. The Morgan fingerprint density at radius 3 is 2.24 bits per heavy atom. The van der Waals surface area contributed by atoms with E-state index in [1.807, 2.05) is 35.3 Å². The molecule has 0 spiro atoms. The van der Waals surface area contributed by atoms with Gasteiger partial charge in [0.25, 0.3) is 0 Å². The van der Waals surface area contributed by atoms with E-state index in [2.05, 4.69) is 69.6 Å². The second-order valence-electron chi connectivity index (χ2n) is 3.17. The molecule has 0 aliphatic carbocycles. The van der Waals surface area contributed by atoms with Gasteiger partial charge in [0, 0.05) is 26.0 Å². The molecule has 2 radical (unpaired) electrons. The van der Waals surface area contributed by atoms with Crippen molar-refractivity contribution in [3.8, 4) is 0 Å². The molecule has 6 heteroatoms. The average molecular weight is 638 g/mol. The van der Waals surface area contributed by atoms with E-state index >= 15 is 0 Å². The molecule has 0 fully saturated rings. The Balaban J connectivity index is 0.000000583. The summed E-state index contributed by atoms with van der Waals surface area (Å²) in [6.45, 7) is 4.05. The van der Waals surface area contributed by atoms with Crippen LogP contribution < -0.4 is 6.15 Å². The van der Waals surface area contributed by atoms with E-state index in [0.29, 0.717) is 11.2 Å². The molecule has 2 rings (SSSR count). The fourth-order valence-corrected chi connectivity index (χ4v) is 1.32. The van der Waals surface area contributed by atoms with E-state index < -0.39 is 0 Å². The zero-order chi connectivity index (χ0) is 11.8. The predicted octanol–water partition coefficient (Wildman–Crippen LogP) is 3.83. The average Bonchev–Trinajstić information content (AvgIpc) is 2.67. The van der Waals surface area contributed by atoms with Gasteiger partial charge in [-0.1, -0.05) is 30.3 Å². The minimum atomic E-state index is 0. The number of hydrogen-bond donors (Lipinski definition) is 1. The maximum atomic E-state index is 3.16. The standard InChI is InChI=1S/C11H12N2.2HI.H3N.Pt/c1-12-7-8-13(10-12)9-11-5-3-2-4-6-11;;;;/h2-8H,9H2,1H3;2*1H;1H3;/q;;;;+2/p-2. The first-order valence-corrected chi connectivity index (χ1v) is 17.5.